The SMILES string of the molecule is O=C(O)COC(C(=O)O)C(=O)O.O=C(O)COC(CC(=O)O)C(=O)O.[H-].[K+]. The summed E-state index contributed by atoms with van der Waals surface area (Å²) in [7, 11) is 0. The minimum Gasteiger partial charge on any atom is -1.00 e. The molecule has 26 heavy (non-hydrogen) atoms. The van der Waals surface area contributed by atoms with Gasteiger partial charge in [0, 0.05) is 0 Å². The van der Waals surface area contributed by atoms with E-state index in [0.717, 1.165) is 0 Å². The third-order valence-corrected chi connectivity index (χ3v) is 1.87. The Labute approximate surface area is 188 Å². The average Bonchev–Trinajstić information content (AvgIpc) is 2.42. The van der Waals surface area contributed by atoms with Crippen LogP contribution in [0, 0.1) is 0 Å². The van der Waals surface area contributed by atoms with Crippen molar-refractivity contribution in [1.29, 1.82) is 0 Å². The zero-order chi connectivity index (χ0) is 20.2. The maximum absolute atomic E-state index is 10.3. The quantitative estimate of drug-likeness (QED) is 0.138. The standard InChI is InChI=1S/C6H8O7.C5H6O7.K.H/c7-4(8)1-3(6(11)12)13-2-5(9)10;6-2(7)1-12-3(4(8)9)5(10)11;;/h3H,1-2H2,(H,7,8)(H,9,10)(H,11,12);3H,1H2,(H,6,7)(H,8,9)(H,10,11);;/q;;+1;-1. The Bertz CT molecular complexity index is 521. The predicted octanol–water partition coefficient (Wildman–Crippen LogP) is -5.24. The monoisotopic (exact) mass is 410 g/mol. The molecule has 0 aliphatic rings. The van der Waals surface area contributed by atoms with Crippen molar-refractivity contribution in [3.8, 4) is 0 Å². The number of hydrogen-bond donors (Lipinski definition) is 6. The Morgan fingerprint density at radius 1 is 0.654 bits per heavy atom. The third kappa shape index (κ3) is 17.2. The van der Waals surface area contributed by atoms with Crippen molar-refractivity contribution < 1.29 is 122 Å². The first-order valence-electron chi connectivity index (χ1n) is 5.95. The van der Waals surface area contributed by atoms with Crippen molar-refractivity contribution in [3.63, 3.8) is 0 Å². The van der Waals surface area contributed by atoms with E-state index in [1.54, 1.807) is 0 Å². The van der Waals surface area contributed by atoms with E-state index in [2.05, 4.69) is 9.47 Å². The fraction of sp³-hybridized carbons (Fsp3) is 0.455. The number of hydrogen-bond acceptors (Lipinski definition) is 8. The minimum atomic E-state index is -2.12. The van der Waals surface area contributed by atoms with Crippen LogP contribution < -0.4 is 51.4 Å². The van der Waals surface area contributed by atoms with Crippen molar-refractivity contribution in [2.45, 2.75) is 18.6 Å². The Balaban J connectivity index is -0.000000183. The molecule has 0 rings (SSSR count). The number of carboxylic acid groups (broad SMARTS) is 6. The maximum atomic E-state index is 10.3. The molecule has 0 aromatic heterocycles. The number of aliphatic carboxylic acids is 6. The molecule has 0 aromatic rings. The Morgan fingerprint density at radius 3 is 1.31 bits per heavy atom. The molecule has 15 heteroatoms. The van der Waals surface area contributed by atoms with Gasteiger partial charge in [-0.3, -0.25) is 4.79 Å². The molecule has 0 heterocycles. The predicted molar refractivity (Wildman–Crippen MR) is 71.0 cm³/mol. The second-order valence-electron chi connectivity index (χ2n) is 3.89. The fourth-order valence-corrected chi connectivity index (χ4v) is 0.951. The molecule has 1 unspecified atom stereocenters. The second kappa shape index (κ2) is 15.6. The van der Waals surface area contributed by atoms with Gasteiger partial charge < -0.3 is 41.5 Å². The normalized spacial score (nSPS) is 10.5. The Morgan fingerprint density at radius 2 is 1.04 bits per heavy atom. The summed E-state index contributed by atoms with van der Waals surface area (Å²) in [5, 5.41) is 49.0. The van der Waals surface area contributed by atoms with Crippen molar-refractivity contribution in [2.24, 2.45) is 0 Å². The summed E-state index contributed by atoms with van der Waals surface area (Å²) >= 11 is 0. The van der Waals surface area contributed by atoms with Crippen LogP contribution in [0.15, 0.2) is 0 Å². The van der Waals surface area contributed by atoms with Gasteiger partial charge in [-0.2, -0.15) is 0 Å². The van der Waals surface area contributed by atoms with Crippen molar-refractivity contribution in [3.05, 3.63) is 0 Å². The van der Waals surface area contributed by atoms with Gasteiger partial charge in [0.05, 0.1) is 6.42 Å². The van der Waals surface area contributed by atoms with Gasteiger partial charge in [0.15, 0.2) is 6.10 Å². The number of ether oxygens (including phenoxy) is 2. The summed E-state index contributed by atoms with van der Waals surface area (Å²) in [5.41, 5.74) is 0. The summed E-state index contributed by atoms with van der Waals surface area (Å²) in [4.78, 5) is 60.2. The summed E-state index contributed by atoms with van der Waals surface area (Å²) in [5.74, 6) is -9.10. The van der Waals surface area contributed by atoms with Gasteiger partial charge in [-0.1, -0.05) is 0 Å². The fourth-order valence-electron chi connectivity index (χ4n) is 0.951. The molecule has 0 bridgehead atoms. The largest absolute Gasteiger partial charge is 1.00 e. The summed E-state index contributed by atoms with van der Waals surface area (Å²) in [6.07, 6.45) is -4.50. The molecule has 144 valence electrons. The maximum Gasteiger partial charge on any atom is 1.00 e. The smallest absolute Gasteiger partial charge is 1.00 e. The third-order valence-electron chi connectivity index (χ3n) is 1.87. The van der Waals surface area contributed by atoms with E-state index in [0.29, 0.717) is 0 Å². The first-order valence-corrected chi connectivity index (χ1v) is 5.95. The van der Waals surface area contributed by atoms with E-state index in [1.807, 2.05) is 0 Å². The molecule has 0 spiro atoms. The van der Waals surface area contributed by atoms with Gasteiger partial charge >= 0.3 is 87.2 Å². The van der Waals surface area contributed by atoms with Gasteiger partial charge in [0.1, 0.15) is 13.2 Å². The van der Waals surface area contributed by atoms with Crippen LogP contribution in [-0.4, -0.2) is 91.9 Å². The molecular weight excluding hydrogens is 395 g/mol. The molecule has 14 nitrogen and oxygen atoms in total. The Kier molecular flexibility index (Phi) is 17.5. The zero-order valence-corrected chi connectivity index (χ0v) is 16.3. The van der Waals surface area contributed by atoms with Crippen molar-refractivity contribution in [2.75, 3.05) is 13.2 Å². The number of carbonyl (C=O) groups is 6. The molecule has 0 aliphatic heterocycles. The number of carboxylic acids is 6. The first kappa shape index (κ1) is 29.2. The van der Waals surface area contributed by atoms with Crippen LogP contribution in [0.3, 0.4) is 0 Å². The molecule has 0 aliphatic carbocycles. The van der Waals surface area contributed by atoms with Crippen LogP contribution in [0.2, 0.25) is 0 Å². The van der Waals surface area contributed by atoms with E-state index in [1.165, 1.54) is 0 Å². The molecule has 0 amide bonds. The topological polar surface area (TPSA) is 242 Å². The van der Waals surface area contributed by atoms with Crippen LogP contribution in [-0.2, 0) is 38.2 Å². The minimum absolute atomic E-state index is 0. The van der Waals surface area contributed by atoms with E-state index in [4.69, 9.17) is 30.6 Å². The van der Waals surface area contributed by atoms with E-state index in [-0.39, 0.29) is 52.8 Å². The molecular formula is C11H15KO14. The molecule has 1 atom stereocenters. The van der Waals surface area contributed by atoms with Gasteiger partial charge in [-0.25, -0.2) is 24.0 Å². The Hall–Kier alpha value is -1.62. The van der Waals surface area contributed by atoms with E-state index < -0.39 is 67.7 Å². The summed E-state index contributed by atoms with van der Waals surface area (Å²) in [6.45, 7) is -1.78. The van der Waals surface area contributed by atoms with Gasteiger partial charge in [0.2, 0.25) is 0 Å². The van der Waals surface area contributed by atoms with Gasteiger partial charge in [-0.15, -0.1) is 0 Å². The van der Waals surface area contributed by atoms with Crippen LogP contribution in [0.5, 0.6) is 0 Å². The van der Waals surface area contributed by atoms with E-state index >= 15 is 0 Å². The molecule has 6 N–H and O–H groups in total. The average molecular weight is 410 g/mol. The molecule has 0 saturated heterocycles. The molecule has 0 aromatic carbocycles. The van der Waals surface area contributed by atoms with Crippen molar-refractivity contribution in [1.82, 2.24) is 0 Å². The molecule has 0 fully saturated rings. The second-order valence-corrected chi connectivity index (χ2v) is 3.89. The van der Waals surface area contributed by atoms with Crippen molar-refractivity contribution >= 4 is 35.8 Å². The van der Waals surface area contributed by atoms with Crippen LogP contribution in [0.1, 0.15) is 7.85 Å². The van der Waals surface area contributed by atoms with Crippen LogP contribution in [0.4, 0.5) is 0 Å². The summed E-state index contributed by atoms with van der Waals surface area (Å²) in [6, 6.07) is 0. The summed E-state index contributed by atoms with van der Waals surface area (Å²) < 4.78 is 8.32. The first-order chi connectivity index (χ1) is 11.4. The van der Waals surface area contributed by atoms with Crippen LogP contribution >= 0.6 is 0 Å². The molecule has 0 saturated carbocycles. The van der Waals surface area contributed by atoms with E-state index in [9.17, 15) is 28.8 Å². The zero-order valence-electron chi connectivity index (χ0n) is 14.2. The van der Waals surface area contributed by atoms with Crippen LogP contribution in [0.25, 0.3) is 0 Å². The number of rotatable bonds is 11. The van der Waals surface area contributed by atoms with Gasteiger partial charge in [0.25, 0.3) is 6.10 Å². The molecule has 0 radical (unpaired) electrons. The van der Waals surface area contributed by atoms with Gasteiger partial charge in [-0.05, 0) is 0 Å².